The van der Waals surface area contributed by atoms with Crippen LogP contribution in [-0.4, -0.2) is 28.6 Å². The quantitative estimate of drug-likeness (QED) is 0.730. The summed E-state index contributed by atoms with van der Waals surface area (Å²) >= 11 is 4.88. The van der Waals surface area contributed by atoms with Crippen molar-refractivity contribution in [2.24, 2.45) is 0 Å². The van der Waals surface area contributed by atoms with Crippen LogP contribution in [-0.2, 0) is 10.3 Å². The van der Waals surface area contributed by atoms with Crippen molar-refractivity contribution in [3.8, 4) is 17.2 Å². The smallest absolute Gasteiger partial charge is 0.245 e. The molecule has 25 heavy (non-hydrogen) atoms. The lowest BCUT2D eigenvalue weighted by molar-refractivity contribution is -0.128. The number of guanidine groups is 1. The second kappa shape index (κ2) is 6.24. The van der Waals surface area contributed by atoms with Crippen LogP contribution < -0.4 is 5.32 Å². The van der Waals surface area contributed by atoms with Crippen molar-refractivity contribution in [3.63, 3.8) is 0 Å². The summed E-state index contributed by atoms with van der Waals surface area (Å²) in [5.41, 5.74) is 0.771. The minimum absolute atomic E-state index is 0.01000. The fourth-order valence-electron chi connectivity index (χ4n) is 2.66. The van der Waals surface area contributed by atoms with Gasteiger partial charge >= 0.3 is 0 Å². The van der Waals surface area contributed by atoms with Gasteiger partial charge in [0.15, 0.2) is 5.96 Å². The summed E-state index contributed by atoms with van der Waals surface area (Å²) in [6.45, 7) is 1.85. The summed E-state index contributed by atoms with van der Waals surface area (Å²) in [7, 11) is 1.55. The molecule has 0 aliphatic carbocycles. The summed E-state index contributed by atoms with van der Waals surface area (Å²) in [6.07, 6.45) is 0. The fraction of sp³-hybridized carbons (Fsp3) is 0.235. The molecule has 128 valence electrons. The third-order valence-electron chi connectivity index (χ3n) is 4.30. The van der Waals surface area contributed by atoms with E-state index in [0.717, 1.165) is 16.0 Å². The third-order valence-corrected chi connectivity index (χ3v) is 6.77. The molecule has 8 heteroatoms. The van der Waals surface area contributed by atoms with Crippen molar-refractivity contribution in [3.05, 3.63) is 45.9 Å². The van der Waals surface area contributed by atoms with Gasteiger partial charge in [-0.25, -0.2) is 4.39 Å². The summed E-state index contributed by atoms with van der Waals surface area (Å²) in [6, 6.07) is 8.12. The van der Waals surface area contributed by atoms with E-state index in [2.05, 4.69) is 21.2 Å². The van der Waals surface area contributed by atoms with Crippen molar-refractivity contribution in [1.82, 2.24) is 10.2 Å². The number of rotatable bonds is 2. The van der Waals surface area contributed by atoms with E-state index >= 15 is 0 Å². The molecule has 0 saturated carbocycles. The first kappa shape index (κ1) is 17.6. The topological polar surface area (TPSA) is 80.0 Å². The molecule has 0 bridgehead atoms. The van der Waals surface area contributed by atoms with Gasteiger partial charge in [0, 0.05) is 11.9 Å². The van der Waals surface area contributed by atoms with E-state index in [1.165, 1.54) is 28.4 Å². The Morgan fingerprint density at radius 3 is 2.84 bits per heavy atom. The standard InChI is InChI=1S/C17H14BrFN4OS/c1-17(14(18)15(24)23(2)16(21)22-17)13-6-11(8-25-13)9-3-4-12(19)10(5-9)7-20/h3-6,8,14H,1-2H3,(H2,21,22). The number of carbonyl (C=O) groups excluding carboxylic acids is 1. The lowest BCUT2D eigenvalue weighted by atomic mass is 9.92. The van der Waals surface area contributed by atoms with E-state index in [-0.39, 0.29) is 17.4 Å². The van der Waals surface area contributed by atoms with Gasteiger partial charge in [0.2, 0.25) is 5.91 Å². The van der Waals surface area contributed by atoms with Gasteiger partial charge in [-0.15, -0.1) is 11.3 Å². The van der Waals surface area contributed by atoms with Crippen LogP contribution in [0.5, 0.6) is 0 Å². The Morgan fingerprint density at radius 1 is 1.44 bits per heavy atom. The van der Waals surface area contributed by atoms with Crippen molar-refractivity contribution in [2.45, 2.75) is 17.3 Å². The maximum Gasteiger partial charge on any atom is 0.245 e. The first-order valence-corrected chi connectivity index (χ1v) is 9.15. The predicted octanol–water partition coefficient (Wildman–Crippen LogP) is 3.40. The molecule has 0 spiro atoms. The number of hydrogen-bond donors (Lipinski definition) is 2. The second-order valence-electron chi connectivity index (χ2n) is 5.94. The molecule has 2 atom stereocenters. The largest absolute Gasteiger partial charge is 0.344 e. The molecule has 2 heterocycles. The minimum atomic E-state index is -0.776. The average molecular weight is 421 g/mol. The number of thiophene rings is 1. The van der Waals surface area contributed by atoms with Crippen LogP contribution in [0.1, 0.15) is 17.4 Å². The van der Waals surface area contributed by atoms with Crippen LogP contribution in [0, 0.1) is 22.6 Å². The molecule has 1 aromatic heterocycles. The van der Waals surface area contributed by atoms with Crippen LogP contribution in [0.25, 0.3) is 11.1 Å². The van der Waals surface area contributed by atoms with Gasteiger partial charge in [0.05, 0.1) is 11.1 Å². The van der Waals surface area contributed by atoms with Gasteiger partial charge in [0.25, 0.3) is 0 Å². The normalized spacial score (nSPS) is 23.3. The zero-order chi connectivity index (χ0) is 18.4. The molecular formula is C17H14BrFN4OS. The Morgan fingerprint density at radius 2 is 2.16 bits per heavy atom. The molecule has 1 aliphatic heterocycles. The van der Waals surface area contributed by atoms with E-state index in [1.807, 2.05) is 24.4 Å². The summed E-state index contributed by atoms with van der Waals surface area (Å²) in [5.74, 6) is -0.716. The molecule has 1 amide bonds. The van der Waals surface area contributed by atoms with E-state index in [4.69, 9.17) is 10.7 Å². The molecule has 1 saturated heterocycles. The van der Waals surface area contributed by atoms with Crippen molar-refractivity contribution < 1.29 is 9.18 Å². The number of halogens is 2. The second-order valence-corrected chi connectivity index (χ2v) is 7.77. The predicted molar refractivity (Wildman–Crippen MR) is 98.1 cm³/mol. The van der Waals surface area contributed by atoms with Gasteiger partial charge in [-0.3, -0.25) is 15.1 Å². The molecule has 1 aromatic carbocycles. The number of amides is 1. The Kier molecular flexibility index (Phi) is 4.39. The molecule has 2 aromatic rings. The Labute approximate surface area is 156 Å². The number of hydrogen-bond acceptors (Lipinski definition) is 4. The van der Waals surface area contributed by atoms with E-state index in [0.29, 0.717) is 0 Å². The zero-order valence-corrected chi connectivity index (χ0v) is 15.8. The number of nitrogens with zero attached hydrogens (tertiary/aromatic N) is 2. The maximum atomic E-state index is 13.5. The molecule has 1 aliphatic rings. The SMILES string of the molecule is CN1C(=N)NC(C)(c2cc(-c3ccc(F)c(C#N)c3)cs2)C(Br)C1=O. The van der Waals surface area contributed by atoms with Gasteiger partial charge in [-0.1, -0.05) is 22.0 Å². The highest BCUT2D eigenvalue weighted by molar-refractivity contribution is 9.10. The van der Waals surface area contributed by atoms with Crippen LogP contribution in [0.3, 0.4) is 0 Å². The average Bonchev–Trinajstić information content (AvgIpc) is 3.09. The van der Waals surface area contributed by atoms with E-state index in [9.17, 15) is 9.18 Å². The third kappa shape index (κ3) is 2.83. The Bertz CT molecular complexity index is 922. The van der Waals surface area contributed by atoms with Crippen LogP contribution in [0.15, 0.2) is 29.6 Å². The number of nitriles is 1. The van der Waals surface area contributed by atoms with Gasteiger partial charge in [-0.05, 0) is 41.6 Å². The first-order valence-electron chi connectivity index (χ1n) is 7.35. The molecular weight excluding hydrogens is 407 g/mol. The van der Waals surface area contributed by atoms with Crippen LogP contribution >= 0.6 is 27.3 Å². The monoisotopic (exact) mass is 420 g/mol. The molecule has 0 radical (unpaired) electrons. The highest BCUT2D eigenvalue weighted by atomic mass is 79.9. The lowest BCUT2D eigenvalue weighted by Crippen LogP contribution is -2.64. The molecule has 3 rings (SSSR count). The molecule has 1 fully saturated rings. The van der Waals surface area contributed by atoms with Gasteiger partial charge in [0.1, 0.15) is 16.7 Å². The van der Waals surface area contributed by atoms with Gasteiger partial charge in [-0.2, -0.15) is 5.26 Å². The number of alkyl halides is 1. The summed E-state index contributed by atoms with van der Waals surface area (Å²) in [4.78, 5) is 13.9. The highest BCUT2D eigenvalue weighted by Crippen LogP contribution is 2.39. The van der Waals surface area contributed by atoms with E-state index < -0.39 is 16.2 Å². The van der Waals surface area contributed by atoms with Crippen LogP contribution in [0.2, 0.25) is 0 Å². The Balaban J connectivity index is 2.00. The fourth-order valence-corrected chi connectivity index (χ4v) is 4.54. The lowest BCUT2D eigenvalue weighted by Gasteiger charge is -2.42. The highest BCUT2D eigenvalue weighted by Gasteiger charge is 2.47. The molecule has 5 nitrogen and oxygen atoms in total. The van der Waals surface area contributed by atoms with Crippen molar-refractivity contribution >= 4 is 39.1 Å². The first-order chi connectivity index (χ1) is 11.8. The summed E-state index contributed by atoms with van der Waals surface area (Å²) < 4.78 is 13.5. The maximum absolute atomic E-state index is 13.5. The van der Waals surface area contributed by atoms with Crippen molar-refractivity contribution in [1.29, 1.82) is 10.7 Å². The van der Waals surface area contributed by atoms with Crippen LogP contribution in [0.4, 0.5) is 4.39 Å². The molecule has 2 N–H and O–H groups in total. The van der Waals surface area contributed by atoms with Gasteiger partial charge < -0.3 is 5.32 Å². The zero-order valence-electron chi connectivity index (χ0n) is 13.4. The number of carbonyl (C=O) groups is 1. The molecule has 2 unspecified atom stereocenters. The minimum Gasteiger partial charge on any atom is -0.344 e. The summed E-state index contributed by atoms with van der Waals surface area (Å²) in [5, 5.41) is 21.9. The Hall–Kier alpha value is -2.24. The van der Waals surface area contributed by atoms with Crippen molar-refractivity contribution in [2.75, 3.05) is 7.05 Å². The number of nitrogens with one attached hydrogen (secondary N) is 2. The number of benzene rings is 1. The van der Waals surface area contributed by atoms with E-state index in [1.54, 1.807) is 13.1 Å².